The van der Waals surface area contributed by atoms with E-state index in [-0.39, 0.29) is 12.5 Å². The molecule has 1 amide bonds. The summed E-state index contributed by atoms with van der Waals surface area (Å²) in [5.41, 5.74) is 1.32. The first-order valence-corrected chi connectivity index (χ1v) is 5.65. The van der Waals surface area contributed by atoms with Gasteiger partial charge in [0, 0.05) is 6.54 Å². The number of aliphatic hydroxyl groups is 1. The molecular weight excluding hydrogens is 226 g/mol. The molecule has 0 bridgehead atoms. The fraction of sp³-hybridized carbons (Fsp3) is 0.417. The van der Waals surface area contributed by atoms with Crippen molar-refractivity contribution in [1.29, 1.82) is 0 Å². The average molecular weight is 242 g/mol. The number of halogens is 1. The van der Waals surface area contributed by atoms with E-state index in [0.717, 1.165) is 5.56 Å². The summed E-state index contributed by atoms with van der Waals surface area (Å²) in [6.45, 7) is 3.95. The minimum absolute atomic E-state index is 0.249. The van der Waals surface area contributed by atoms with Crippen molar-refractivity contribution in [2.24, 2.45) is 0 Å². The van der Waals surface area contributed by atoms with Crippen LogP contribution in [-0.4, -0.2) is 23.7 Å². The van der Waals surface area contributed by atoms with Crippen molar-refractivity contribution in [1.82, 2.24) is 5.32 Å². The lowest BCUT2D eigenvalue weighted by atomic mass is 10.1. The van der Waals surface area contributed by atoms with Crippen LogP contribution in [0.2, 0.25) is 5.02 Å². The lowest BCUT2D eigenvalue weighted by molar-refractivity contribution is 0.0914. The van der Waals surface area contributed by atoms with Crippen molar-refractivity contribution in [2.75, 3.05) is 6.54 Å². The zero-order valence-corrected chi connectivity index (χ0v) is 10.2. The molecule has 1 aromatic carbocycles. The molecule has 1 rings (SSSR count). The molecule has 0 aliphatic rings. The Morgan fingerprint density at radius 3 is 2.88 bits per heavy atom. The topological polar surface area (TPSA) is 49.3 Å². The third kappa shape index (κ3) is 3.22. The molecule has 0 aliphatic heterocycles. The summed E-state index contributed by atoms with van der Waals surface area (Å²) in [6.07, 6.45) is 0.106. The molecule has 1 unspecified atom stereocenters. The third-order valence-electron chi connectivity index (χ3n) is 2.41. The maximum absolute atomic E-state index is 11.7. The maximum atomic E-state index is 11.7. The molecule has 0 radical (unpaired) electrons. The molecule has 4 heteroatoms. The number of carbonyl (C=O) groups excluding carboxylic acids is 1. The van der Waals surface area contributed by atoms with Crippen molar-refractivity contribution < 1.29 is 9.90 Å². The predicted molar refractivity (Wildman–Crippen MR) is 64.8 cm³/mol. The quantitative estimate of drug-likeness (QED) is 0.849. The predicted octanol–water partition coefficient (Wildman–Crippen LogP) is 2.15. The van der Waals surface area contributed by atoms with Crippen LogP contribution in [-0.2, 0) is 0 Å². The molecule has 0 saturated carbocycles. The summed E-state index contributed by atoms with van der Waals surface area (Å²) in [4.78, 5) is 11.7. The summed E-state index contributed by atoms with van der Waals surface area (Å²) in [7, 11) is 0. The van der Waals surface area contributed by atoms with Gasteiger partial charge in [-0.15, -0.1) is 0 Å². The van der Waals surface area contributed by atoms with Crippen molar-refractivity contribution in [2.45, 2.75) is 26.4 Å². The molecule has 0 spiro atoms. The smallest absolute Gasteiger partial charge is 0.252 e. The molecule has 16 heavy (non-hydrogen) atoms. The minimum Gasteiger partial charge on any atom is -0.391 e. The highest BCUT2D eigenvalue weighted by Gasteiger charge is 2.12. The third-order valence-corrected chi connectivity index (χ3v) is 2.91. The molecule has 88 valence electrons. The second kappa shape index (κ2) is 5.87. The summed E-state index contributed by atoms with van der Waals surface area (Å²) >= 11 is 6.01. The Labute approximate surface area is 100 Å². The van der Waals surface area contributed by atoms with Gasteiger partial charge in [-0.3, -0.25) is 4.79 Å². The van der Waals surface area contributed by atoms with Crippen molar-refractivity contribution in [3.8, 4) is 0 Å². The van der Waals surface area contributed by atoms with Crippen LogP contribution in [0, 0.1) is 6.92 Å². The van der Waals surface area contributed by atoms with E-state index in [9.17, 15) is 9.90 Å². The Morgan fingerprint density at radius 2 is 2.25 bits per heavy atom. The molecule has 0 aliphatic carbocycles. The first-order chi connectivity index (χ1) is 7.56. The standard InChI is InChI=1S/C12H16ClNO2/c1-3-9(15)7-14-12(16)10-6-4-5-8(2)11(10)13/h4-6,9,15H,3,7H2,1-2H3,(H,14,16). The van der Waals surface area contributed by atoms with Crippen molar-refractivity contribution >= 4 is 17.5 Å². The Hall–Kier alpha value is -1.06. The fourth-order valence-corrected chi connectivity index (χ4v) is 1.48. The Bertz CT molecular complexity index is 379. The van der Waals surface area contributed by atoms with Gasteiger partial charge in [-0.25, -0.2) is 0 Å². The molecular formula is C12H16ClNO2. The number of hydrogen-bond acceptors (Lipinski definition) is 2. The van der Waals surface area contributed by atoms with E-state index in [4.69, 9.17) is 11.6 Å². The van der Waals surface area contributed by atoms with E-state index >= 15 is 0 Å². The van der Waals surface area contributed by atoms with Crippen LogP contribution in [0.3, 0.4) is 0 Å². The lowest BCUT2D eigenvalue weighted by Crippen LogP contribution is -2.31. The van der Waals surface area contributed by atoms with Crippen molar-refractivity contribution in [3.63, 3.8) is 0 Å². The molecule has 0 heterocycles. The summed E-state index contributed by atoms with van der Waals surface area (Å²) in [5, 5.41) is 12.4. The van der Waals surface area contributed by atoms with Gasteiger partial charge < -0.3 is 10.4 Å². The summed E-state index contributed by atoms with van der Waals surface area (Å²) < 4.78 is 0. The number of amides is 1. The highest BCUT2D eigenvalue weighted by atomic mass is 35.5. The maximum Gasteiger partial charge on any atom is 0.252 e. The molecule has 2 N–H and O–H groups in total. The van der Waals surface area contributed by atoms with E-state index in [2.05, 4.69) is 5.32 Å². The van der Waals surface area contributed by atoms with E-state index in [1.54, 1.807) is 12.1 Å². The van der Waals surface area contributed by atoms with Crippen LogP contribution < -0.4 is 5.32 Å². The average Bonchev–Trinajstić information content (AvgIpc) is 2.29. The van der Waals surface area contributed by atoms with E-state index in [1.807, 2.05) is 19.9 Å². The number of hydrogen-bond donors (Lipinski definition) is 2. The fourth-order valence-electron chi connectivity index (χ4n) is 1.27. The van der Waals surface area contributed by atoms with Gasteiger partial charge in [-0.1, -0.05) is 30.7 Å². The number of benzene rings is 1. The zero-order chi connectivity index (χ0) is 12.1. The molecule has 1 atom stereocenters. The molecule has 1 aromatic rings. The zero-order valence-electron chi connectivity index (χ0n) is 9.46. The molecule has 0 aromatic heterocycles. The van der Waals surface area contributed by atoms with Crippen LogP contribution in [0.25, 0.3) is 0 Å². The van der Waals surface area contributed by atoms with Gasteiger partial charge in [0.05, 0.1) is 16.7 Å². The minimum atomic E-state index is -0.507. The number of nitrogens with one attached hydrogen (secondary N) is 1. The van der Waals surface area contributed by atoms with Crippen LogP contribution in [0.15, 0.2) is 18.2 Å². The first-order valence-electron chi connectivity index (χ1n) is 5.27. The Morgan fingerprint density at radius 1 is 1.56 bits per heavy atom. The second-order valence-electron chi connectivity index (χ2n) is 3.71. The largest absolute Gasteiger partial charge is 0.391 e. The van der Waals surface area contributed by atoms with E-state index < -0.39 is 6.10 Å². The normalized spacial score (nSPS) is 12.2. The van der Waals surface area contributed by atoms with Gasteiger partial charge in [0.1, 0.15) is 0 Å². The van der Waals surface area contributed by atoms with Gasteiger partial charge in [0.2, 0.25) is 0 Å². The molecule has 0 saturated heterocycles. The SMILES string of the molecule is CCC(O)CNC(=O)c1cccc(C)c1Cl. The van der Waals surface area contributed by atoms with Crippen molar-refractivity contribution in [3.05, 3.63) is 34.3 Å². The highest BCUT2D eigenvalue weighted by Crippen LogP contribution is 2.19. The number of carbonyl (C=O) groups is 1. The van der Waals surface area contributed by atoms with Gasteiger partial charge >= 0.3 is 0 Å². The first kappa shape index (κ1) is 13.0. The van der Waals surface area contributed by atoms with Gasteiger partial charge in [0.25, 0.3) is 5.91 Å². The lowest BCUT2D eigenvalue weighted by Gasteiger charge is -2.11. The number of rotatable bonds is 4. The van der Waals surface area contributed by atoms with Crippen LogP contribution in [0.4, 0.5) is 0 Å². The van der Waals surface area contributed by atoms with Gasteiger partial charge in [-0.2, -0.15) is 0 Å². The molecule has 3 nitrogen and oxygen atoms in total. The molecule has 0 fully saturated rings. The Kier molecular flexibility index (Phi) is 4.77. The number of aryl methyl sites for hydroxylation is 1. The second-order valence-corrected chi connectivity index (χ2v) is 4.09. The van der Waals surface area contributed by atoms with Crippen LogP contribution >= 0.6 is 11.6 Å². The highest BCUT2D eigenvalue weighted by molar-refractivity contribution is 6.34. The van der Waals surface area contributed by atoms with Gasteiger partial charge in [0.15, 0.2) is 0 Å². The Balaban J connectivity index is 2.70. The monoisotopic (exact) mass is 241 g/mol. The van der Waals surface area contributed by atoms with Crippen LogP contribution in [0.1, 0.15) is 29.3 Å². The summed E-state index contributed by atoms with van der Waals surface area (Å²) in [6, 6.07) is 5.30. The van der Waals surface area contributed by atoms with Gasteiger partial charge in [-0.05, 0) is 25.0 Å². The van der Waals surface area contributed by atoms with E-state index in [0.29, 0.717) is 17.0 Å². The van der Waals surface area contributed by atoms with Crippen LogP contribution in [0.5, 0.6) is 0 Å². The number of aliphatic hydroxyl groups excluding tert-OH is 1. The van der Waals surface area contributed by atoms with E-state index in [1.165, 1.54) is 0 Å². The summed E-state index contributed by atoms with van der Waals surface area (Å²) in [5.74, 6) is -0.249.